The average molecular weight is 262 g/mol. The van der Waals surface area contributed by atoms with Crippen molar-refractivity contribution in [3.63, 3.8) is 0 Å². The molecule has 1 aromatic rings. The fraction of sp³-hybridized carbons (Fsp3) is 0.562. The molecule has 0 aliphatic carbocycles. The summed E-state index contributed by atoms with van der Waals surface area (Å²) in [5.41, 5.74) is 7.24. The third-order valence-electron chi connectivity index (χ3n) is 3.62. The molecule has 0 bridgehead atoms. The van der Waals surface area contributed by atoms with Crippen LogP contribution in [0.3, 0.4) is 0 Å². The number of carbonyl (C=O) groups is 1. The topological polar surface area (TPSA) is 46.3 Å². The Morgan fingerprint density at radius 3 is 2.47 bits per heavy atom. The summed E-state index contributed by atoms with van der Waals surface area (Å²) < 4.78 is 0. The van der Waals surface area contributed by atoms with Gasteiger partial charge in [0, 0.05) is 13.1 Å². The van der Waals surface area contributed by atoms with Crippen molar-refractivity contribution >= 4 is 5.91 Å². The van der Waals surface area contributed by atoms with Crippen LogP contribution in [0.1, 0.15) is 38.7 Å². The van der Waals surface area contributed by atoms with Crippen LogP contribution in [0.5, 0.6) is 0 Å². The van der Waals surface area contributed by atoms with Crippen molar-refractivity contribution in [3.8, 4) is 0 Å². The Balaban J connectivity index is 2.44. The maximum absolute atomic E-state index is 12.2. The molecule has 0 saturated carbocycles. The summed E-state index contributed by atoms with van der Waals surface area (Å²) in [5.74, 6) is 0.0527. The van der Waals surface area contributed by atoms with Gasteiger partial charge in [0.1, 0.15) is 0 Å². The number of hydrogen-bond donors (Lipinski definition) is 1. The van der Waals surface area contributed by atoms with E-state index in [1.807, 2.05) is 25.2 Å². The number of benzene rings is 1. The lowest BCUT2D eigenvalue weighted by atomic mass is 10.0. The highest BCUT2D eigenvalue weighted by atomic mass is 16.2. The number of hydrogen-bond acceptors (Lipinski definition) is 2. The Kier molecular flexibility index (Phi) is 6.57. The third-order valence-corrected chi connectivity index (χ3v) is 3.62. The molecule has 0 aromatic heterocycles. The van der Waals surface area contributed by atoms with Gasteiger partial charge in [0.15, 0.2) is 0 Å². The molecule has 106 valence electrons. The SMILES string of the molecule is CCCC(C)N(C)C(=O)[C@@H](N)CCc1ccccc1. The van der Waals surface area contributed by atoms with Crippen molar-refractivity contribution in [1.82, 2.24) is 4.90 Å². The summed E-state index contributed by atoms with van der Waals surface area (Å²) >= 11 is 0. The van der Waals surface area contributed by atoms with E-state index in [1.165, 1.54) is 5.56 Å². The molecule has 0 saturated heterocycles. The number of amides is 1. The Hall–Kier alpha value is -1.35. The van der Waals surface area contributed by atoms with Crippen LogP contribution >= 0.6 is 0 Å². The van der Waals surface area contributed by atoms with Crippen molar-refractivity contribution in [1.29, 1.82) is 0 Å². The van der Waals surface area contributed by atoms with Crippen LogP contribution in [0.25, 0.3) is 0 Å². The van der Waals surface area contributed by atoms with Gasteiger partial charge in [0.05, 0.1) is 6.04 Å². The maximum Gasteiger partial charge on any atom is 0.239 e. The molecule has 0 fully saturated rings. The highest BCUT2D eigenvalue weighted by Crippen LogP contribution is 2.09. The lowest BCUT2D eigenvalue weighted by Crippen LogP contribution is -2.45. The zero-order chi connectivity index (χ0) is 14.3. The minimum absolute atomic E-state index is 0.0527. The third kappa shape index (κ3) is 5.03. The first-order chi connectivity index (χ1) is 9.06. The van der Waals surface area contributed by atoms with E-state index in [2.05, 4.69) is 26.0 Å². The number of carbonyl (C=O) groups excluding carboxylic acids is 1. The second-order valence-electron chi connectivity index (χ2n) is 5.22. The second kappa shape index (κ2) is 7.95. The Morgan fingerprint density at radius 1 is 1.26 bits per heavy atom. The molecule has 3 nitrogen and oxygen atoms in total. The minimum atomic E-state index is -0.399. The summed E-state index contributed by atoms with van der Waals surface area (Å²) in [6.07, 6.45) is 3.65. The van der Waals surface area contributed by atoms with Gasteiger partial charge in [0.25, 0.3) is 0 Å². The van der Waals surface area contributed by atoms with E-state index in [0.717, 1.165) is 19.3 Å². The van der Waals surface area contributed by atoms with Gasteiger partial charge < -0.3 is 10.6 Å². The van der Waals surface area contributed by atoms with Gasteiger partial charge in [-0.2, -0.15) is 0 Å². The predicted molar refractivity (Wildman–Crippen MR) is 79.9 cm³/mol. The molecule has 2 atom stereocenters. The van der Waals surface area contributed by atoms with Gasteiger partial charge >= 0.3 is 0 Å². The number of nitrogens with two attached hydrogens (primary N) is 1. The fourth-order valence-corrected chi connectivity index (χ4v) is 2.18. The van der Waals surface area contributed by atoms with E-state index in [9.17, 15) is 4.79 Å². The fourth-order valence-electron chi connectivity index (χ4n) is 2.18. The summed E-state index contributed by atoms with van der Waals surface area (Å²) in [7, 11) is 1.85. The summed E-state index contributed by atoms with van der Waals surface area (Å²) in [6, 6.07) is 10.0. The second-order valence-corrected chi connectivity index (χ2v) is 5.22. The zero-order valence-electron chi connectivity index (χ0n) is 12.3. The van der Waals surface area contributed by atoms with Gasteiger partial charge in [-0.05, 0) is 31.7 Å². The number of aryl methyl sites for hydroxylation is 1. The summed E-state index contributed by atoms with van der Waals surface area (Å²) in [4.78, 5) is 14.0. The average Bonchev–Trinajstić information content (AvgIpc) is 2.44. The molecule has 1 unspecified atom stereocenters. The van der Waals surface area contributed by atoms with Gasteiger partial charge in [-0.15, -0.1) is 0 Å². The van der Waals surface area contributed by atoms with Crippen LogP contribution in [0, 0.1) is 0 Å². The van der Waals surface area contributed by atoms with E-state index in [0.29, 0.717) is 6.42 Å². The van der Waals surface area contributed by atoms with Crippen LogP contribution < -0.4 is 5.73 Å². The molecule has 0 aliphatic heterocycles. The molecule has 2 N–H and O–H groups in total. The van der Waals surface area contributed by atoms with E-state index in [4.69, 9.17) is 5.73 Å². The first-order valence-electron chi connectivity index (χ1n) is 7.12. The largest absolute Gasteiger partial charge is 0.342 e. The lowest BCUT2D eigenvalue weighted by molar-refractivity contribution is -0.133. The molecule has 3 heteroatoms. The molecule has 1 aromatic carbocycles. The zero-order valence-corrected chi connectivity index (χ0v) is 12.3. The molecule has 0 radical (unpaired) electrons. The van der Waals surface area contributed by atoms with Crippen molar-refractivity contribution < 1.29 is 4.79 Å². The van der Waals surface area contributed by atoms with Crippen molar-refractivity contribution in [2.75, 3.05) is 7.05 Å². The van der Waals surface area contributed by atoms with Crippen LogP contribution in [0.4, 0.5) is 0 Å². The van der Waals surface area contributed by atoms with E-state index in [1.54, 1.807) is 4.90 Å². The minimum Gasteiger partial charge on any atom is -0.342 e. The molecule has 0 aliphatic rings. The predicted octanol–water partition coefficient (Wildman–Crippen LogP) is 2.59. The lowest BCUT2D eigenvalue weighted by Gasteiger charge is -2.27. The highest BCUT2D eigenvalue weighted by molar-refractivity contribution is 5.81. The van der Waals surface area contributed by atoms with E-state index >= 15 is 0 Å². The molecule has 0 heterocycles. The maximum atomic E-state index is 12.2. The van der Waals surface area contributed by atoms with Crippen LogP contribution in [-0.4, -0.2) is 29.9 Å². The Labute approximate surface area is 116 Å². The van der Waals surface area contributed by atoms with Gasteiger partial charge in [-0.3, -0.25) is 4.79 Å². The number of rotatable bonds is 7. The molecule has 1 rings (SSSR count). The Bertz CT molecular complexity index is 378. The standard InChI is InChI=1S/C16H26N2O/c1-4-8-13(2)18(3)16(19)15(17)12-11-14-9-6-5-7-10-14/h5-7,9-10,13,15H,4,8,11-12,17H2,1-3H3/t13?,15-/m0/s1. The highest BCUT2D eigenvalue weighted by Gasteiger charge is 2.21. The smallest absolute Gasteiger partial charge is 0.239 e. The molecular formula is C16H26N2O. The summed E-state index contributed by atoms with van der Waals surface area (Å²) in [6.45, 7) is 4.20. The first-order valence-corrected chi connectivity index (χ1v) is 7.12. The normalized spacial score (nSPS) is 13.9. The van der Waals surface area contributed by atoms with E-state index < -0.39 is 6.04 Å². The molecule has 1 amide bonds. The molecular weight excluding hydrogens is 236 g/mol. The number of nitrogens with zero attached hydrogens (tertiary/aromatic N) is 1. The molecule has 0 spiro atoms. The van der Waals surface area contributed by atoms with Crippen molar-refractivity contribution in [3.05, 3.63) is 35.9 Å². The quantitative estimate of drug-likeness (QED) is 0.821. The first kappa shape index (κ1) is 15.7. The van der Waals surface area contributed by atoms with E-state index in [-0.39, 0.29) is 11.9 Å². The van der Waals surface area contributed by atoms with Crippen LogP contribution in [0.2, 0.25) is 0 Å². The van der Waals surface area contributed by atoms with Gasteiger partial charge in [-0.1, -0.05) is 43.7 Å². The van der Waals surface area contributed by atoms with Crippen molar-refractivity contribution in [2.45, 2.75) is 51.6 Å². The van der Waals surface area contributed by atoms with Crippen LogP contribution in [-0.2, 0) is 11.2 Å². The van der Waals surface area contributed by atoms with Crippen LogP contribution in [0.15, 0.2) is 30.3 Å². The van der Waals surface area contributed by atoms with Gasteiger partial charge in [-0.25, -0.2) is 0 Å². The summed E-state index contributed by atoms with van der Waals surface area (Å²) in [5, 5.41) is 0. The monoisotopic (exact) mass is 262 g/mol. The van der Waals surface area contributed by atoms with Crippen molar-refractivity contribution in [2.24, 2.45) is 5.73 Å². The molecule has 19 heavy (non-hydrogen) atoms. The van der Waals surface area contributed by atoms with Gasteiger partial charge in [0.2, 0.25) is 5.91 Å². The number of likely N-dealkylation sites (N-methyl/N-ethyl adjacent to an activating group) is 1. The Morgan fingerprint density at radius 2 is 1.89 bits per heavy atom.